The summed E-state index contributed by atoms with van der Waals surface area (Å²) in [5.74, 6) is 2.32. The van der Waals surface area contributed by atoms with Gasteiger partial charge in [-0.25, -0.2) is 4.98 Å². The zero-order valence-corrected chi connectivity index (χ0v) is 20.4. The Balaban J connectivity index is 1.19. The minimum Gasteiger partial charge on any atom is -0.497 e. The first kappa shape index (κ1) is 22.5. The van der Waals surface area contributed by atoms with E-state index in [1.54, 1.807) is 18.4 Å². The van der Waals surface area contributed by atoms with Crippen LogP contribution in [0.1, 0.15) is 36.9 Å². The number of amides is 1. The van der Waals surface area contributed by atoms with E-state index in [0.29, 0.717) is 18.9 Å². The Bertz CT molecular complexity index is 1270. The van der Waals surface area contributed by atoms with Crippen LogP contribution in [-0.2, 0) is 11.2 Å². The molecule has 7 heteroatoms. The lowest BCUT2D eigenvalue weighted by molar-refractivity contribution is -0.131. The number of rotatable bonds is 7. The van der Waals surface area contributed by atoms with Gasteiger partial charge >= 0.3 is 0 Å². The molecule has 1 saturated heterocycles. The SMILES string of the molecule is CCOc1ccc(-c2nc(CC(=O)N3CCC(c4c[nH]c5ccc(OC)cc45)CC3)cs2)cc1. The monoisotopic (exact) mass is 475 g/mol. The molecule has 0 aliphatic carbocycles. The van der Waals surface area contributed by atoms with Gasteiger partial charge in [-0.05, 0) is 73.7 Å². The van der Waals surface area contributed by atoms with Crippen molar-refractivity contribution in [3.05, 3.63) is 65.3 Å². The van der Waals surface area contributed by atoms with Crippen LogP contribution in [0.15, 0.2) is 54.0 Å². The molecule has 0 unspecified atom stereocenters. The number of carbonyl (C=O) groups is 1. The predicted octanol–water partition coefficient (Wildman–Crippen LogP) is 5.65. The van der Waals surface area contributed by atoms with E-state index in [1.165, 1.54) is 10.9 Å². The Kier molecular flexibility index (Phi) is 6.54. The molecule has 1 fully saturated rings. The second-order valence-electron chi connectivity index (χ2n) is 8.59. The van der Waals surface area contributed by atoms with Crippen LogP contribution in [0.4, 0.5) is 0 Å². The lowest BCUT2D eigenvalue weighted by atomic mass is 9.89. The largest absolute Gasteiger partial charge is 0.497 e. The van der Waals surface area contributed by atoms with E-state index in [4.69, 9.17) is 14.5 Å². The van der Waals surface area contributed by atoms with Gasteiger partial charge in [-0.3, -0.25) is 4.79 Å². The molecule has 3 heterocycles. The fraction of sp³-hybridized carbons (Fsp3) is 0.333. The van der Waals surface area contributed by atoms with Crippen LogP contribution in [0.3, 0.4) is 0 Å². The highest BCUT2D eigenvalue weighted by atomic mass is 32.1. The summed E-state index contributed by atoms with van der Waals surface area (Å²) in [5, 5.41) is 4.14. The summed E-state index contributed by atoms with van der Waals surface area (Å²) >= 11 is 1.58. The van der Waals surface area contributed by atoms with Gasteiger partial charge in [0.05, 0.1) is 25.8 Å². The van der Waals surface area contributed by atoms with Crippen molar-refractivity contribution in [3.63, 3.8) is 0 Å². The van der Waals surface area contributed by atoms with Crippen LogP contribution in [0.5, 0.6) is 11.5 Å². The number of ether oxygens (including phenoxy) is 2. The lowest BCUT2D eigenvalue weighted by Crippen LogP contribution is -2.38. The molecule has 0 atom stereocenters. The Morgan fingerprint density at radius 1 is 1.15 bits per heavy atom. The number of hydrogen-bond donors (Lipinski definition) is 1. The standard InChI is InChI=1S/C27H29N3O3S/c1-3-33-21-6-4-19(5-7-21)27-29-20(17-34-27)14-26(31)30-12-10-18(11-13-30)24-16-28-25-9-8-22(32-2)15-23(24)25/h4-9,15-18,28H,3,10-14H2,1-2H3. The number of benzene rings is 2. The van der Waals surface area contributed by atoms with Crippen molar-refractivity contribution < 1.29 is 14.3 Å². The Hall–Kier alpha value is -3.32. The van der Waals surface area contributed by atoms with Gasteiger partial charge in [0.1, 0.15) is 16.5 Å². The predicted molar refractivity (Wildman–Crippen MR) is 136 cm³/mol. The number of hydrogen-bond acceptors (Lipinski definition) is 5. The normalized spacial score (nSPS) is 14.5. The molecule has 1 aliphatic heterocycles. The van der Waals surface area contributed by atoms with Crippen molar-refractivity contribution in [1.82, 2.24) is 14.9 Å². The molecule has 6 nitrogen and oxygen atoms in total. The Labute approximate surface area is 203 Å². The summed E-state index contributed by atoms with van der Waals surface area (Å²) in [4.78, 5) is 23.0. The average Bonchev–Trinajstić information content (AvgIpc) is 3.51. The van der Waals surface area contributed by atoms with E-state index in [2.05, 4.69) is 23.3 Å². The summed E-state index contributed by atoms with van der Waals surface area (Å²) in [5.41, 5.74) is 4.33. The number of fused-ring (bicyclic) bond motifs is 1. The third-order valence-electron chi connectivity index (χ3n) is 6.50. The fourth-order valence-electron chi connectivity index (χ4n) is 4.67. The van der Waals surface area contributed by atoms with Crippen LogP contribution >= 0.6 is 11.3 Å². The van der Waals surface area contributed by atoms with E-state index in [9.17, 15) is 4.79 Å². The molecule has 0 bridgehead atoms. The number of nitrogens with one attached hydrogen (secondary N) is 1. The highest BCUT2D eigenvalue weighted by molar-refractivity contribution is 7.13. The molecule has 2 aromatic carbocycles. The van der Waals surface area contributed by atoms with Gasteiger partial charge in [0.25, 0.3) is 0 Å². The quantitative estimate of drug-likeness (QED) is 0.375. The minimum atomic E-state index is 0.155. The molecular weight excluding hydrogens is 446 g/mol. The maximum Gasteiger partial charge on any atom is 0.228 e. The van der Waals surface area contributed by atoms with Crippen molar-refractivity contribution in [1.29, 1.82) is 0 Å². The molecule has 4 aromatic rings. The van der Waals surface area contributed by atoms with E-state index >= 15 is 0 Å². The van der Waals surface area contributed by atoms with Gasteiger partial charge < -0.3 is 19.4 Å². The minimum absolute atomic E-state index is 0.155. The highest BCUT2D eigenvalue weighted by Crippen LogP contribution is 2.35. The molecule has 176 valence electrons. The van der Waals surface area contributed by atoms with Gasteiger partial charge in [-0.1, -0.05) is 0 Å². The maximum atomic E-state index is 13.0. The Morgan fingerprint density at radius 2 is 1.91 bits per heavy atom. The van der Waals surface area contributed by atoms with Gasteiger partial charge in [0, 0.05) is 41.1 Å². The summed E-state index contributed by atoms with van der Waals surface area (Å²) < 4.78 is 10.9. The number of H-pyrrole nitrogens is 1. The number of piperidine rings is 1. The molecule has 0 spiro atoms. The van der Waals surface area contributed by atoms with Crippen molar-refractivity contribution >= 4 is 28.1 Å². The molecule has 1 amide bonds. The smallest absolute Gasteiger partial charge is 0.228 e. The molecule has 1 N–H and O–H groups in total. The maximum absolute atomic E-state index is 13.0. The number of nitrogens with zero attached hydrogens (tertiary/aromatic N) is 2. The van der Waals surface area contributed by atoms with Crippen molar-refractivity contribution in [2.75, 3.05) is 26.8 Å². The Morgan fingerprint density at radius 3 is 2.65 bits per heavy atom. The molecule has 5 rings (SSSR count). The van der Waals surface area contributed by atoms with E-state index in [1.807, 2.05) is 47.5 Å². The van der Waals surface area contributed by atoms with E-state index < -0.39 is 0 Å². The molecular formula is C27H29N3O3S. The third-order valence-corrected chi connectivity index (χ3v) is 7.44. The van der Waals surface area contributed by atoms with Crippen LogP contribution < -0.4 is 9.47 Å². The zero-order chi connectivity index (χ0) is 23.5. The summed E-state index contributed by atoms with van der Waals surface area (Å²) in [7, 11) is 1.70. The van der Waals surface area contributed by atoms with Crippen LogP contribution in [0.25, 0.3) is 21.5 Å². The van der Waals surface area contributed by atoms with Gasteiger partial charge in [-0.15, -0.1) is 11.3 Å². The molecule has 0 saturated carbocycles. The molecule has 2 aromatic heterocycles. The average molecular weight is 476 g/mol. The van der Waals surface area contributed by atoms with Crippen molar-refractivity contribution in [2.45, 2.75) is 32.1 Å². The summed E-state index contributed by atoms with van der Waals surface area (Å²) in [6.45, 7) is 4.17. The number of carbonyl (C=O) groups excluding carboxylic acids is 1. The number of likely N-dealkylation sites (tertiary alicyclic amines) is 1. The number of methoxy groups -OCH3 is 1. The first-order chi connectivity index (χ1) is 16.6. The van der Waals surface area contributed by atoms with Crippen molar-refractivity contribution in [3.8, 4) is 22.1 Å². The summed E-state index contributed by atoms with van der Waals surface area (Å²) in [6.07, 6.45) is 4.39. The number of thiazole rings is 1. The van der Waals surface area contributed by atoms with Crippen LogP contribution in [0.2, 0.25) is 0 Å². The first-order valence-electron chi connectivity index (χ1n) is 11.7. The molecule has 1 aliphatic rings. The number of aromatic nitrogens is 2. The van der Waals surface area contributed by atoms with Gasteiger partial charge in [0.15, 0.2) is 0 Å². The second kappa shape index (κ2) is 9.89. The van der Waals surface area contributed by atoms with E-state index in [0.717, 1.165) is 59.2 Å². The highest BCUT2D eigenvalue weighted by Gasteiger charge is 2.26. The van der Waals surface area contributed by atoms with E-state index in [-0.39, 0.29) is 5.91 Å². The lowest BCUT2D eigenvalue weighted by Gasteiger charge is -2.32. The fourth-order valence-corrected chi connectivity index (χ4v) is 5.50. The molecule has 34 heavy (non-hydrogen) atoms. The topological polar surface area (TPSA) is 67.5 Å². The van der Waals surface area contributed by atoms with Crippen LogP contribution in [-0.4, -0.2) is 47.6 Å². The van der Waals surface area contributed by atoms with Crippen molar-refractivity contribution in [2.24, 2.45) is 0 Å². The first-order valence-corrected chi connectivity index (χ1v) is 12.6. The summed E-state index contributed by atoms with van der Waals surface area (Å²) in [6, 6.07) is 14.1. The van der Waals surface area contributed by atoms with Gasteiger partial charge in [0.2, 0.25) is 5.91 Å². The van der Waals surface area contributed by atoms with Crippen LogP contribution in [0, 0.1) is 0 Å². The number of aromatic amines is 1. The third kappa shape index (κ3) is 4.66. The molecule has 0 radical (unpaired) electrons. The second-order valence-corrected chi connectivity index (χ2v) is 9.45. The van der Waals surface area contributed by atoms with Gasteiger partial charge in [-0.2, -0.15) is 0 Å². The zero-order valence-electron chi connectivity index (χ0n) is 19.5.